The number of ether oxygens (including phenoxy) is 1. The van der Waals surface area contributed by atoms with E-state index in [9.17, 15) is 9.90 Å². The lowest BCUT2D eigenvalue weighted by Crippen LogP contribution is -2.31. The van der Waals surface area contributed by atoms with Gasteiger partial charge in [0.25, 0.3) is 0 Å². The maximum Gasteiger partial charge on any atom is 0.228 e. The van der Waals surface area contributed by atoms with Crippen LogP contribution in [0.5, 0.6) is 5.75 Å². The van der Waals surface area contributed by atoms with E-state index < -0.39 is 6.10 Å². The normalized spacial score (nSPS) is 13.5. The number of rotatable bonds is 6. The van der Waals surface area contributed by atoms with Crippen LogP contribution < -0.4 is 10.1 Å². The minimum Gasteiger partial charge on any atom is -0.497 e. The van der Waals surface area contributed by atoms with Gasteiger partial charge in [-0.1, -0.05) is 18.2 Å². The van der Waals surface area contributed by atoms with Crippen molar-refractivity contribution >= 4 is 17.2 Å². The van der Waals surface area contributed by atoms with Crippen LogP contribution in [0.2, 0.25) is 0 Å². The molecule has 0 radical (unpaired) electrons. The Morgan fingerprint density at radius 3 is 2.62 bits per heavy atom. The van der Waals surface area contributed by atoms with Gasteiger partial charge < -0.3 is 15.2 Å². The summed E-state index contributed by atoms with van der Waals surface area (Å²) in [5.74, 6) is 0.458. The van der Waals surface area contributed by atoms with E-state index in [1.807, 2.05) is 24.4 Å². The van der Waals surface area contributed by atoms with Crippen molar-refractivity contribution in [3.8, 4) is 5.75 Å². The fraction of sp³-hybridized carbons (Fsp3) is 0.312. The van der Waals surface area contributed by atoms with Crippen LogP contribution in [0.15, 0.2) is 41.8 Å². The van der Waals surface area contributed by atoms with E-state index in [1.165, 1.54) is 0 Å². The molecule has 2 unspecified atom stereocenters. The van der Waals surface area contributed by atoms with E-state index in [0.717, 1.165) is 16.2 Å². The first-order valence-electron chi connectivity index (χ1n) is 6.75. The van der Waals surface area contributed by atoms with Gasteiger partial charge in [-0.05, 0) is 36.1 Å². The second kappa shape index (κ2) is 7.24. The van der Waals surface area contributed by atoms with Crippen LogP contribution in [0, 0.1) is 0 Å². The molecule has 0 aliphatic heterocycles. The lowest BCUT2D eigenvalue weighted by atomic mass is 10.1. The number of hydrogen-bond acceptors (Lipinski definition) is 4. The highest BCUT2D eigenvalue weighted by atomic mass is 32.1. The molecule has 0 spiro atoms. The molecule has 2 rings (SSSR count). The van der Waals surface area contributed by atoms with Crippen molar-refractivity contribution in [3.63, 3.8) is 0 Å². The average Bonchev–Trinajstić information content (AvgIpc) is 3.06. The summed E-state index contributed by atoms with van der Waals surface area (Å²) in [4.78, 5) is 13.1. The molecule has 0 saturated carbocycles. The van der Waals surface area contributed by atoms with Gasteiger partial charge in [-0.25, -0.2) is 0 Å². The Bertz CT molecular complexity index is 566. The van der Waals surface area contributed by atoms with Crippen LogP contribution >= 0.6 is 11.3 Å². The molecule has 112 valence electrons. The Labute approximate surface area is 128 Å². The van der Waals surface area contributed by atoms with E-state index in [2.05, 4.69) is 5.32 Å². The van der Waals surface area contributed by atoms with E-state index in [-0.39, 0.29) is 18.4 Å². The second-order valence-corrected chi connectivity index (χ2v) is 5.75. The van der Waals surface area contributed by atoms with Crippen LogP contribution in [0.3, 0.4) is 0 Å². The van der Waals surface area contributed by atoms with Gasteiger partial charge in [0.15, 0.2) is 0 Å². The summed E-state index contributed by atoms with van der Waals surface area (Å²) in [7, 11) is 1.59. The third kappa shape index (κ3) is 4.06. The van der Waals surface area contributed by atoms with Crippen LogP contribution in [-0.4, -0.2) is 24.7 Å². The number of benzene rings is 1. The quantitative estimate of drug-likeness (QED) is 0.862. The third-order valence-corrected chi connectivity index (χ3v) is 4.39. The first kappa shape index (κ1) is 15.5. The third-order valence-electron chi connectivity index (χ3n) is 3.33. The number of aliphatic hydroxyl groups excluding tert-OH is 1. The number of thiophene rings is 1. The van der Waals surface area contributed by atoms with Crippen molar-refractivity contribution in [3.05, 3.63) is 52.2 Å². The minimum atomic E-state index is -0.726. The predicted molar refractivity (Wildman–Crippen MR) is 83.7 cm³/mol. The van der Waals surface area contributed by atoms with E-state index in [1.54, 1.807) is 42.7 Å². The summed E-state index contributed by atoms with van der Waals surface area (Å²) in [6, 6.07) is 11.0. The maximum absolute atomic E-state index is 12.0. The summed E-state index contributed by atoms with van der Waals surface area (Å²) in [6.45, 7) is 2.06. The largest absolute Gasteiger partial charge is 0.497 e. The smallest absolute Gasteiger partial charge is 0.228 e. The number of hydrogen-bond donors (Lipinski definition) is 2. The first-order valence-corrected chi connectivity index (χ1v) is 7.63. The highest BCUT2D eigenvalue weighted by Gasteiger charge is 2.17. The van der Waals surface area contributed by atoms with Crippen LogP contribution in [0.25, 0.3) is 0 Å². The second-order valence-electron chi connectivity index (χ2n) is 4.77. The Hall–Kier alpha value is -1.85. The van der Waals surface area contributed by atoms with Crippen molar-refractivity contribution in [2.45, 2.75) is 18.9 Å². The molecular formula is C16H19NO3S. The molecule has 1 aromatic carbocycles. The summed E-state index contributed by atoms with van der Waals surface area (Å²) < 4.78 is 5.07. The number of carbonyl (C=O) groups excluding carboxylic acids is 1. The summed E-state index contributed by atoms with van der Waals surface area (Å²) >= 11 is 1.56. The Morgan fingerprint density at radius 2 is 2.05 bits per heavy atom. The predicted octanol–water partition coefficient (Wildman–Crippen LogP) is 2.71. The van der Waals surface area contributed by atoms with Gasteiger partial charge in [0.2, 0.25) is 5.91 Å². The molecule has 21 heavy (non-hydrogen) atoms. The van der Waals surface area contributed by atoms with Gasteiger partial charge in [-0.3, -0.25) is 4.79 Å². The number of amides is 1. The zero-order chi connectivity index (χ0) is 15.2. The lowest BCUT2D eigenvalue weighted by Gasteiger charge is -2.15. The fourth-order valence-electron chi connectivity index (χ4n) is 1.96. The highest BCUT2D eigenvalue weighted by molar-refractivity contribution is 7.10. The number of methoxy groups -OCH3 is 1. The fourth-order valence-corrected chi connectivity index (χ4v) is 2.74. The molecule has 0 aliphatic rings. The molecule has 0 fully saturated rings. The minimum absolute atomic E-state index is 0.0787. The Balaban J connectivity index is 1.88. The van der Waals surface area contributed by atoms with Gasteiger partial charge in [-0.2, -0.15) is 0 Å². The number of carbonyl (C=O) groups is 1. The molecule has 2 atom stereocenters. The molecule has 2 aromatic rings. The van der Waals surface area contributed by atoms with Gasteiger partial charge >= 0.3 is 0 Å². The highest BCUT2D eigenvalue weighted by Crippen LogP contribution is 2.21. The van der Waals surface area contributed by atoms with E-state index >= 15 is 0 Å². The molecule has 1 aromatic heterocycles. The Morgan fingerprint density at radius 1 is 1.33 bits per heavy atom. The van der Waals surface area contributed by atoms with Gasteiger partial charge in [0.05, 0.1) is 19.1 Å². The van der Waals surface area contributed by atoms with Crippen molar-refractivity contribution in [1.82, 2.24) is 5.32 Å². The van der Waals surface area contributed by atoms with Crippen molar-refractivity contribution < 1.29 is 14.6 Å². The number of aliphatic hydroxyl groups is 1. The molecule has 0 bridgehead atoms. The van der Waals surface area contributed by atoms with Crippen LogP contribution in [-0.2, 0) is 4.79 Å². The van der Waals surface area contributed by atoms with Gasteiger partial charge in [-0.15, -0.1) is 11.3 Å². The summed E-state index contributed by atoms with van der Waals surface area (Å²) in [5.41, 5.74) is 0.750. The molecule has 4 nitrogen and oxygen atoms in total. The molecular weight excluding hydrogens is 286 g/mol. The first-order chi connectivity index (χ1) is 10.1. The molecule has 5 heteroatoms. The topological polar surface area (TPSA) is 58.6 Å². The van der Waals surface area contributed by atoms with E-state index in [0.29, 0.717) is 0 Å². The average molecular weight is 305 g/mol. The van der Waals surface area contributed by atoms with Crippen molar-refractivity contribution in [2.75, 3.05) is 13.7 Å². The molecule has 1 heterocycles. The van der Waals surface area contributed by atoms with Gasteiger partial charge in [0, 0.05) is 11.4 Å². The van der Waals surface area contributed by atoms with Crippen molar-refractivity contribution in [1.29, 1.82) is 0 Å². The SMILES string of the molecule is COc1ccc(C(O)CNC(=O)C(C)c2cccs2)cc1. The molecule has 0 aliphatic carbocycles. The molecule has 1 amide bonds. The molecule has 0 saturated heterocycles. The summed E-state index contributed by atoms with van der Waals surface area (Å²) in [6.07, 6.45) is -0.726. The maximum atomic E-state index is 12.0. The molecule has 2 N–H and O–H groups in total. The zero-order valence-corrected chi connectivity index (χ0v) is 12.9. The zero-order valence-electron chi connectivity index (χ0n) is 12.1. The Kier molecular flexibility index (Phi) is 5.36. The van der Waals surface area contributed by atoms with E-state index in [4.69, 9.17) is 4.74 Å². The monoisotopic (exact) mass is 305 g/mol. The van der Waals surface area contributed by atoms with Crippen LogP contribution in [0.4, 0.5) is 0 Å². The number of nitrogens with one attached hydrogen (secondary N) is 1. The lowest BCUT2D eigenvalue weighted by molar-refractivity contribution is -0.122. The van der Waals surface area contributed by atoms with Gasteiger partial charge in [0.1, 0.15) is 5.75 Å². The summed E-state index contributed by atoms with van der Waals surface area (Å²) in [5, 5.41) is 14.8. The standard InChI is InChI=1S/C16H19NO3S/c1-11(15-4-3-9-21-15)16(19)17-10-14(18)12-5-7-13(20-2)8-6-12/h3-9,11,14,18H,10H2,1-2H3,(H,17,19). The van der Waals surface area contributed by atoms with Crippen molar-refractivity contribution in [2.24, 2.45) is 0 Å². The van der Waals surface area contributed by atoms with Crippen LogP contribution in [0.1, 0.15) is 29.4 Å².